The van der Waals surface area contributed by atoms with Gasteiger partial charge < -0.3 is 4.74 Å². The molecule has 0 aliphatic carbocycles. The largest absolute Gasteiger partial charge is 0.463 e. The number of aromatic amines is 1. The standard InChI is InChI=1S/C16H16BrF2N3O2/c17-9-7-10(18)11-13(12(9)19)20-15(21-14(11)23)24-8-16-3-1-5-22(16)6-2-4-16/h7H,1-6,8H2,(H,20,21,23). The summed E-state index contributed by atoms with van der Waals surface area (Å²) < 4.78 is 33.8. The topological polar surface area (TPSA) is 58.2 Å². The fourth-order valence-corrected chi connectivity index (χ4v) is 4.31. The summed E-state index contributed by atoms with van der Waals surface area (Å²) >= 11 is 2.93. The van der Waals surface area contributed by atoms with Gasteiger partial charge in [0.25, 0.3) is 11.6 Å². The molecule has 1 aromatic heterocycles. The van der Waals surface area contributed by atoms with E-state index in [1.54, 1.807) is 0 Å². The molecule has 4 rings (SSSR count). The van der Waals surface area contributed by atoms with E-state index < -0.39 is 22.6 Å². The lowest BCUT2D eigenvalue weighted by Gasteiger charge is -2.31. The van der Waals surface area contributed by atoms with Crippen LogP contribution in [-0.4, -0.2) is 40.1 Å². The average molecular weight is 400 g/mol. The molecule has 0 spiro atoms. The molecular formula is C16H16BrF2N3O2. The van der Waals surface area contributed by atoms with E-state index in [-0.39, 0.29) is 21.5 Å². The average Bonchev–Trinajstić information content (AvgIpc) is 3.10. The normalized spacial score (nSPS) is 19.8. The van der Waals surface area contributed by atoms with Gasteiger partial charge in [0.1, 0.15) is 23.3 Å². The first-order valence-electron chi connectivity index (χ1n) is 7.96. The first-order valence-corrected chi connectivity index (χ1v) is 8.75. The van der Waals surface area contributed by atoms with Crippen molar-refractivity contribution >= 4 is 26.8 Å². The molecule has 2 aliphatic heterocycles. The van der Waals surface area contributed by atoms with E-state index in [4.69, 9.17) is 4.74 Å². The molecule has 2 aromatic rings. The van der Waals surface area contributed by atoms with E-state index in [2.05, 4.69) is 30.8 Å². The highest BCUT2D eigenvalue weighted by atomic mass is 79.9. The monoisotopic (exact) mass is 399 g/mol. The number of benzene rings is 1. The Morgan fingerprint density at radius 1 is 1.33 bits per heavy atom. The van der Waals surface area contributed by atoms with Crippen molar-refractivity contribution in [3.8, 4) is 6.01 Å². The zero-order valence-electron chi connectivity index (χ0n) is 12.9. The molecule has 2 saturated heterocycles. The van der Waals surface area contributed by atoms with Crippen LogP contribution in [0.3, 0.4) is 0 Å². The molecule has 24 heavy (non-hydrogen) atoms. The van der Waals surface area contributed by atoms with E-state index in [1.165, 1.54) is 0 Å². The van der Waals surface area contributed by atoms with Gasteiger partial charge in [0.2, 0.25) is 0 Å². The minimum atomic E-state index is -0.824. The molecule has 0 bridgehead atoms. The van der Waals surface area contributed by atoms with Crippen molar-refractivity contribution in [3.05, 3.63) is 32.5 Å². The van der Waals surface area contributed by atoms with Gasteiger partial charge in [-0.1, -0.05) is 0 Å². The van der Waals surface area contributed by atoms with E-state index in [0.29, 0.717) is 6.61 Å². The first kappa shape index (κ1) is 16.0. The number of nitrogens with zero attached hydrogens (tertiary/aromatic N) is 2. The Balaban J connectivity index is 1.68. The Labute approximate surface area is 145 Å². The third-order valence-electron chi connectivity index (χ3n) is 5.10. The van der Waals surface area contributed by atoms with Crippen molar-refractivity contribution in [2.45, 2.75) is 31.2 Å². The maximum absolute atomic E-state index is 14.2. The van der Waals surface area contributed by atoms with Crippen LogP contribution >= 0.6 is 15.9 Å². The van der Waals surface area contributed by atoms with Crippen LogP contribution in [0.25, 0.3) is 10.9 Å². The number of nitrogens with one attached hydrogen (secondary N) is 1. The van der Waals surface area contributed by atoms with Gasteiger partial charge in [-0.05, 0) is 60.8 Å². The number of aromatic nitrogens is 2. The van der Waals surface area contributed by atoms with Crippen LogP contribution < -0.4 is 10.3 Å². The van der Waals surface area contributed by atoms with Crippen LogP contribution in [0.5, 0.6) is 6.01 Å². The zero-order valence-corrected chi connectivity index (χ0v) is 14.5. The molecule has 2 aliphatic rings. The van der Waals surface area contributed by atoms with Crippen molar-refractivity contribution < 1.29 is 13.5 Å². The molecule has 0 saturated carbocycles. The first-order chi connectivity index (χ1) is 11.5. The van der Waals surface area contributed by atoms with E-state index >= 15 is 0 Å². The third kappa shape index (κ3) is 2.43. The number of ether oxygens (including phenoxy) is 1. The Morgan fingerprint density at radius 3 is 2.75 bits per heavy atom. The van der Waals surface area contributed by atoms with Crippen LogP contribution in [0.15, 0.2) is 15.3 Å². The lowest BCUT2D eigenvalue weighted by molar-refractivity contribution is 0.107. The van der Waals surface area contributed by atoms with Crippen molar-refractivity contribution in [2.24, 2.45) is 0 Å². The van der Waals surface area contributed by atoms with E-state index in [0.717, 1.165) is 44.8 Å². The summed E-state index contributed by atoms with van der Waals surface area (Å²) in [6.07, 6.45) is 4.33. The van der Waals surface area contributed by atoms with Crippen LogP contribution in [0.1, 0.15) is 25.7 Å². The minimum Gasteiger partial charge on any atom is -0.463 e. The molecule has 0 amide bonds. The summed E-state index contributed by atoms with van der Waals surface area (Å²) in [7, 11) is 0. The van der Waals surface area contributed by atoms with Crippen molar-refractivity contribution in [3.63, 3.8) is 0 Å². The van der Waals surface area contributed by atoms with Gasteiger partial charge >= 0.3 is 0 Å². The number of H-pyrrole nitrogens is 1. The lowest BCUT2D eigenvalue weighted by Crippen LogP contribution is -2.43. The molecule has 1 N–H and O–H groups in total. The number of rotatable bonds is 3. The second-order valence-electron chi connectivity index (χ2n) is 6.46. The second kappa shape index (κ2) is 5.77. The summed E-state index contributed by atoms with van der Waals surface area (Å²) in [5, 5.41) is -0.399. The molecular weight excluding hydrogens is 384 g/mol. The molecule has 0 unspecified atom stereocenters. The summed E-state index contributed by atoms with van der Waals surface area (Å²) in [6, 6.07) is 0.847. The number of fused-ring (bicyclic) bond motifs is 2. The number of hydrogen-bond acceptors (Lipinski definition) is 4. The molecule has 5 nitrogen and oxygen atoms in total. The Hall–Kier alpha value is -1.54. The van der Waals surface area contributed by atoms with Crippen molar-refractivity contribution in [1.29, 1.82) is 0 Å². The zero-order chi connectivity index (χ0) is 16.9. The molecule has 0 atom stereocenters. The SMILES string of the molecule is O=c1[nH]c(OCC23CCCN2CCC3)nc2c(F)c(Br)cc(F)c12. The fourth-order valence-electron chi connectivity index (χ4n) is 3.92. The van der Waals surface area contributed by atoms with Gasteiger partial charge in [0.15, 0.2) is 5.82 Å². The maximum Gasteiger partial charge on any atom is 0.297 e. The molecule has 8 heteroatoms. The number of hydrogen-bond donors (Lipinski definition) is 1. The van der Waals surface area contributed by atoms with Gasteiger partial charge in [-0.15, -0.1) is 0 Å². The Morgan fingerprint density at radius 2 is 2.04 bits per heavy atom. The smallest absolute Gasteiger partial charge is 0.297 e. The summed E-state index contributed by atoms with van der Waals surface area (Å²) in [5.41, 5.74) is -1.09. The predicted octanol–water partition coefficient (Wildman–Crippen LogP) is 2.97. The summed E-state index contributed by atoms with van der Waals surface area (Å²) in [5.74, 6) is -1.60. The highest BCUT2D eigenvalue weighted by Crippen LogP contribution is 2.39. The quantitative estimate of drug-likeness (QED) is 0.806. The van der Waals surface area contributed by atoms with Gasteiger partial charge in [0.05, 0.1) is 10.0 Å². The van der Waals surface area contributed by atoms with Crippen molar-refractivity contribution in [2.75, 3.05) is 19.7 Å². The van der Waals surface area contributed by atoms with Crippen LogP contribution in [0.4, 0.5) is 8.78 Å². The molecule has 2 fully saturated rings. The van der Waals surface area contributed by atoms with E-state index in [9.17, 15) is 13.6 Å². The fraction of sp³-hybridized carbons (Fsp3) is 0.500. The van der Waals surface area contributed by atoms with Crippen LogP contribution in [0.2, 0.25) is 0 Å². The number of halogens is 3. The minimum absolute atomic E-state index is 0.0193. The highest BCUT2D eigenvalue weighted by molar-refractivity contribution is 9.10. The Bertz CT molecular complexity index is 861. The molecule has 3 heterocycles. The summed E-state index contributed by atoms with van der Waals surface area (Å²) in [6.45, 7) is 2.50. The van der Waals surface area contributed by atoms with Gasteiger partial charge in [0, 0.05) is 0 Å². The summed E-state index contributed by atoms with van der Waals surface area (Å²) in [4.78, 5) is 20.9. The van der Waals surface area contributed by atoms with Crippen LogP contribution in [0, 0.1) is 11.6 Å². The third-order valence-corrected chi connectivity index (χ3v) is 5.67. The maximum atomic E-state index is 14.2. The second-order valence-corrected chi connectivity index (χ2v) is 7.31. The highest BCUT2D eigenvalue weighted by Gasteiger charge is 2.45. The van der Waals surface area contributed by atoms with Crippen molar-refractivity contribution in [1.82, 2.24) is 14.9 Å². The molecule has 0 radical (unpaired) electrons. The van der Waals surface area contributed by atoms with E-state index in [1.807, 2.05) is 0 Å². The van der Waals surface area contributed by atoms with Crippen LogP contribution in [-0.2, 0) is 0 Å². The molecule has 1 aromatic carbocycles. The van der Waals surface area contributed by atoms with Gasteiger partial charge in [-0.25, -0.2) is 8.78 Å². The Kier molecular flexibility index (Phi) is 3.84. The predicted molar refractivity (Wildman–Crippen MR) is 88.2 cm³/mol. The lowest BCUT2D eigenvalue weighted by atomic mass is 9.95. The van der Waals surface area contributed by atoms with Gasteiger partial charge in [-0.3, -0.25) is 14.7 Å². The van der Waals surface area contributed by atoms with Gasteiger partial charge in [-0.2, -0.15) is 4.98 Å². The molecule has 128 valence electrons.